The minimum atomic E-state index is -0.608. The Balaban J connectivity index is 2.24. The number of methoxy groups -OCH3 is 1. The highest BCUT2D eigenvalue weighted by Gasteiger charge is 2.20. The predicted molar refractivity (Wildman–Crippen MR) is 88.4 cm³/mol. The summed E-state index contributed by atoms with van der Waals surface area (Å²) in [6.45, 7) is 4.01. The first kappa shape index (κ1) is 16.6. The lowest BCUT2D eigenvalue weighted by molar-refractivity contribution is -0.122. The number of benzene rings is 1. The van der Waals surface area contributed by atoms with Crippen LogP contribution in [0.15, 0.2) is 36.7 Å². The van der Waals surface area contributed by atoms with E-state index in [2.05, 4.69) is 15.6 Å². The molecule has 0 fully saturated rings. The van der Waals surface area contributed by atoms with E-state index in [0.29, 0.717) is 17.9 Å². The van der Waals surface area contributed by atoms with E-state index in [1.165, 1.54) is 0 Å². The zero-order chi connectivity index (χ0) is 16.8. The van der Waals surface area contributed by atoms with Crippen molar-refractivity contribution in [1.82, 2.24) is 15.6 Å². The van der Waals surface area contributed by atoms with Gasteiger partial charge >= 0.3 is 0 Å². The molecule has 3 N–H and O–H groups in total. The van der Waals surface area contributed by atoms with Gasteiger partial charge in [0, 0.05) is 30.1 Å². The molecule has 2 aromatic rings. The van der Waals surface area contributed by atoms with Crippen molar-refractivity contribution in [3.8, 4) is 16.9 Å². The molecule has 0 saturated heterocycles. The predicted octanol–water partition coefficient (Wildman–Crippen LogP) is 1.94. The number of rotatable bonds is 6. The molecule has 6 heteroatoms. The Hall–Kier alpha value is -2.76. The van der Waals surface area contributed by atoms with Gasteiger partial charge < -0.3 is 20.4 Å². The van der Waals surface area contributed by atoms with Crippen LogP contribution >= 0.6 is 0 Å². The first-order chi connectivity index (χ1) is 11.1. The number of amides is 2. The molecule has 1 atom stereocenters. The second-order valence-electron chi connectivity index (χ2n) is 5.07. The van der Waals surface area contributed by atoms with Crippen LogP contribution < -0.4 is 15.4 Å². The van der Waals surface area contributed by atoms with Gasteiger partial charge in [0.1, 0.15) is 11.8 Å². The fourth-order valence-corrected chi connectivity index (χ4v) is 2.31. The van der Waals surface area contributed by atoms with Crippen LogP contribution in [0.1, 0.15) is 24.2 Å². The summed E-state index contributed by atoms with van der Waals surface area (Å²) in [6.07, 6.45) is 3.35. The third-order valence-electron chi connectivity index (χ3n) is 3.48. The number of nitrogens with one attached hydrogen (secondary N) is 3. The average Bonchev–Trinajstić information content (AvgIpc) is 3.04. The van der Waals surface area contributed by atoms with Gasteiger partial charge in [-0.2, -0.15) is 0 Å². The number of para-hydroxylation sites is 1. The maximum absolute atomic E-state index is 12.5. The van der Waals surface area contributed by atoms with E-state index in [0.717, 1.165) is 11.1 Å². The van der Waals surface area contributed by atoms with Crippen LogP contribution in [0.2, 0.25) is 0 Å². The molecule has 0 saturated carbocycles. The molecule has 1 aromatic heterocycles. The van der Waals surface area contributed by atoms with E-state index in [1.54, 1.807) is 26.4 Å². The third-order valence-corrected chi connectivity index (χ3v) is 3.48. The van der Waals surface area contributed by atoms with Gasteiger partial charge in [0.15, 0.2) is 0 Å². The molecule has 1 aromatic carbocycles. The Morgan fingerprint density at radius 2 is 1.96 bits per heavy atom. The first-order valence-electron chi connectivity index (χ1n) is 7.47. The number of aromatic amines is 1. The lowest BCUT2D eigenvalue weighted by Crippen LogP contribution is -2.44. The molecule has 0 aliphatic heterocycles. The molecule has 0 aliphatic carbocycles. The monoisotopic (exact) mass is 315 g/mol. The fraction of sp³-hybridized carbons (Fsp3) is 0.294. The van der Waals surface area contributed by atoms with E-state index in [-0.39, 0.29) is 11.8 Å². The van der Waals surface area contributed by atoms with E-state index >= 15 is 0 Å². The molecule has 0 spiro atoms. The van der Waals surface area contributed by atoms with Gasteiger partial charge in [-0.05, 0) is 19.9 Å². The van der Waals surface area contributed by atoms with Gasteiger partial charge in [-0.3, -0.25) is 9.59 Å². The van der Waals surface area contributed by atoms with Crippen molar-refractivity contribution < 1.29 is 14.3 Å². The van der Waals surface area contributed by atoms with Crippen molar-refractivity contribution >= 4 is 11.8 Å². The summed E-state index contributed by atoms with van der Waals surface area (Å²) in [7, 11) is 1.59. The number of carbonyl (C=O) groups excluding carboxylic acids is 2. The molecule has 1 heterocycles. The van der Waals surface area contributed by atoms with Crippen LogP contribution in [0, 0.1) is 0 Å². The summed E-state index contributed by atoms with van der Waals surface area (Å²) < 4.78 is 5.35. The molecule has 0 bridgehead atoms. The molecule has 0 aliphatic rings. The number of H-pyrrole nitrogens is 1. The van der Waals surface area contributed by atoms with E-state index in [9.17, 15) is 9.59 Å². The largest absolute Gasteiger partial charge is 0.496 e. The zero-order valence-corrected chi connectivity index (χ0v) is 13.5. The molecule has 23 heavy (non-hydrogen) atoms. The van der Waals surface area contributed by atoms with Crippen molar-refractivity contribution in [2.45, 2.75) is 19.9 Å². The molecule has 6 nitrogen and oxygen atoms in total. The van der Waals surface area contributed by atoms with Gasteiger partial charge in [0.2, 0.25) is 5.91 Å². The minimum Gasteiger partial charge on any atom is -0.496 e. The lowest BCUT2D eigenvalue weighted by atomic mass is 10.0. The zero-order valence-electron chi connectivity index (χ0n) is 13.5. The third kappa shape index (κ3) is 3.71. The fourth-order valence-electron chi connectivity index (χ4n) is 2.31. The van der Waals surface area contributed by atoms with Crippen molar-refractivity contribution in [2.75, 3.05) is 13.7 Å². The Morgan fingerprint density at radius 1 is 1.22 bits per heavy atom. The van der Waals surface area contributed by atoms with Gasteiger partial charge in [-0.25, -0.2) is 0 Å². The SMILES string of the molecule is CCNC(=O)[C@H](C)NC(=O)c1c[nH]cc1-c1ccccc1OC. The Bertz CT molecular complexity index is 694. The Labute approximate surface area is 135 Å². The van der Waals surface area contributed by atoms with Gasteiger partial charge in [0.05, 0.1) is 12.7 Å². The van der Waals surface area contributed by atoms with Crippen LogP contribution in [0.3, 0.4) is 0 Å². The number of hydrogen-bond acceptors (Lipinski definition) is 3. The molecular weight excluding hydrogens is 294 g/mol. The maximum atomic E-state index is 12.5. The second kappa shape index (κ2) is 7.49. The highest BCUT2D eigenvalue weighted by molar-refractivity contribution is 6.03. The van der Waals surface area contributed by atoms with Gasteiger partial charge in [0.25, 0.3) is 5.91 Å². The van der Waals surface area contributed by atoms with Crippen molar-refractivity contribution in [3.63, 3.8) is 0 Å². The minimum absolute atomic E-state index is 0.213. The number of ether oxygens (including phenoxy) is 1. The van der Waals surface area contributed by atoms with Crippen LogP contribution in [-0.4, -0.2) is 36.5 Å². The molecule has 122 valence electrons. The standard InChI is InChI=1S/C17H21N3O3/c1-4-19-16(21)11(2)20-17(22)14-10-18-9-13(14)12-7-5-6-8-15(12)23-3/h5-11,18H,4H2,1-3H3,(H,19,21)(H,20,22)/t11-/m0/s1. The van der Waals surface area contributed by atoms with Crippen molar-refractivity contribution in [2.24, 2.45) is 0 Å². The average molecular weight is 315 g/mol. The summed E-state index contributed by atoms with van der Waals surface area (Å²) in [5.74, 6) is 0.152. The molecule has 0 unspecified atom stereocenters. The lowest BCUT2D eigenvalue weighted by Gasteiger charge is -2.14. The quantitative estimate of drug-likeness (QED) is 0.762. The van der Waals surface area contributed by atoms with E-state index in [1.807, 2.05) is 31.2 Å². The van der Waals surface area contributed by atoms with Gasteiger partial charge in [-0.15, -0.1) is 0 Å². The highest BCUT2D eigenvalue weighted by atomic mass is 16.5. The summed E-state index contributed by atoms with van der Waals surface area (Å²) in [5, 5.41) is 5.38. The summed E-state index contributed by atoms with van der Waals surface area (Å²) >= 11 is 0. The van der Waals surface area contributed by atoms with Crippen molar-refractivity contribution in [1.29, 1.82) is 0 Å². The summed E-state index contributed by atoms with van der Waals surface area (Å²) in [6, 6.07) is 6.85. The number of likely N-dealkylation sites (N-methyl/N-ethyl adjacent to an activating group) is 1. The molecule has 0 radical (unpaired) electrons. The Kier molecular flexibility index (Phi) is 5.41. The van der Waals surface area contributed by atoms with Crippen LogP contribution in [0.4, 0.5) is 0 Å². The number of aromatic nitrogens is 1. The number of carbonyl (C=O) groups is 2. The first-order valence-corrected chi connectivity index (χ1v) is 7.47. The summed E-state index contributed by atoms with van der Waals surface area (Å²) in [4.78, 5) is 27.2. The number of hydrogen-bond donors (Lipinski definition) is 3. The van der Waals surface area contributed by atoms with E-state index in [4.69, 9.17) is 4.74 Å². The molecule has 2 rings (SSSR count). The van der Waals surface area contributed by atoms with Crippen LogP contribution in [0.5, 0.6) is 5.75 Å². The summed E-state index contributed by atoms with van der Waals surface area (Å²) in [5.41, 5.74) is 2.00. The normalized spacial score (nSPS) is 11.6. The molecular formula is C17H21N3O3. The van der Waals surface area contributed by atoms with Gasteiger partial charge in [-0.1, -0.05) is 18.2 Å². The highest BCUT2D eigenvalue weighted by Crippen LogP contribution is 2.31. The molecule has 2 amide bonds. The van der Waals surface area contributed by atoms with Crippen LogP contribution in [-0.2, 0) is 4.79 Å². The maximum Gasteiger partial charge on any atom is 0.254 e. The Morgan fingerprint density at radius 3 is 2.65 bits per heavy atom. The van der Waals surface area contributed by atoms with Crippen LogP contribution in [0.25, 0.3) is 11.1 Å². The van der Waals surface area contributed by atoms with Crippen molar-refractivity contribution in [3.05, 3.63) is 42.2 Å². The smallest absolute Gasteiger partial charge is 0.254 e. The topological polar surface area (TPSA) is 83.2 Å². The second-order valence-corrected chi connectivity index (χ2v) is 5.07. The van der Waals surface area contributed by atoms with E-state index < -0.39 is 6.04 Å².